The fourth-order valence-electron chi connectivity index (χ4n) is 3.80. The maximum atomic E-state index is 12.3. The molecule has 0 unspecified atom stereocenters. The van der Waals surface area contributed by atoms with Crippen molar-refractivity contribution < 1.29 is 18.0 Å². The molecule has 6 N–H and O–H groups in total. The molecular weight excluding hydrogens is 548 g/mol. The molecule has 40 heavy (non-hydrogen) atoms. The Labute approximate surface area is 238 Å². The summed E-state index contributed by atoms with van der Waals surface area (Å²) in [5.74, 6) is -0.362. The minimum atomic E-state index is -3.16. The van der Waals surface area contributed by atoms with Gasteiger partial charge in [-0.3, -0.25) is 9.59 Å². The Morgan fingerprint density at radius 3 is 2.35 bits per heavy atom. The molecule has 0 aliphatic heterocycles. The van der Waals surface area contributed by atoms with E-state index in [1.807, 2.05) is 30.3 Å². The second-order valence-electron chi connectivity index (χ2n) is 9.40. The van der Waals surface area contributed by atoms with Gasteiger partial charge >= 0.3 is 0 Å². The van der Waals surface area contributed by atoms with E-state index >= 15 is 0 Å². The minimum absolute atomic E-state index is 0.0649. The van der Waals surface area contributed by atoms with E-state index in [2.05, 4.69) is 20.8 Å². The van der Waals surface area contributed by atoms with Gasteiger partial charge in [-0.2, -0.15) is 0 Å². The average Bonchev–Trinajstić information content (AvgIpc) is 3.32. The summed E-state index contributed by atoms with van der Waals surface area (Å²) in [6.45, 7) is 0. The topological polar surface area (TPSA) is 170 Å². The first kappa shape index (κ1) is 30.5. The average molecular weight is 583 g/mol. The van der Waals surface area contributed by atoms with Crippen molar-refractivity contribution in [3.05, 3.63) is 100.0 Å². The van der Waals surface area contributed by atoms with Crippen LogP contribution >= 0.6 is 11.3 Å². The number of amides is 2. The second kappa shape index (κ2) is 14.9. The largest absolute Gasteiger partial charge is 0.402 e. The van der Waals surface area contributed by atoms with Gasteiger partial charge in [-0.25, -0.2) is 8.42 Å². The molecule has 212 valence electrons. The molecule has 0 radical (unpaired) electrons. The molecule has 10 nitrogen and oxygen atoms in total. The van der Waals surface area contributed by atoms with Gasteiger partial charge in [0.05, 0.1) is 18.6 Å². The number of hydrogen-bond donors (Lipinski definition) is 4. The number of anilines is 1. The molecule has 1 heterocycles. The number of carbonyl (C=O) groups excluding carboxylic acids is 2. The molecule has 2 aromatic carbocycles. The van der Waals surface area contributed by atoms with Crippen LogP contribution in [0.1, 0.15) is 41.0 Å². The smallest absolute Gasteiger partial charge is 0.230 e. The third-order valence-corrected chi connectivity index (χ3v) is 7.33. The molecule has 3 rings (SSSR count). The van der Waals surface area contributed by atoms with Gasteiger partial charge in [0.2, 0.25) is 16.9 Å². The fraction of sp³-hybridized carbons (Fsp3) is 0.286. The molecule has 0 saturated heterocycles. The quantitative estimate of drug-likeness (QED) is 0.166. The molecule has 12 heteroatoms. The SMILES string of the molecule is CS(=O)(=O)Cc1cccc(CC(=O)N/C(N)=C/C=C(\N)CCCCc2nnc(NC(=O)Cc3ccccc3)s2)c1. The van der Waals surface area contributed by atoms with Crippen molar-refractivity contribution in [2.75, 3.05) is 11.6 Å². The zero-order chi connectivity index (χ0) is 29.0. The first-order valence-electron chi connectivity index (χ1n) is 12.7. The summed E-state index contributed by atoms with van der Waals surface area (Å²) in [6.07, 6.45) is 7.75. The van der Waals surface area contributed by atoms with Crippen molar-refractivity contribution in [2.24, 2.45) is 11.5 Å². The van der Waals surface area contributed by atoms with Crippen molar-refractivity contribution in [1.82, 2.24) is 15.5 Å². The zero-order valence-corrected chi connectivity index (χ0v) is 23.9. The number of sulfone groups is 1. The summed E-state index contributed by atoms with van der Waals surface area (Å²) in [7, 11) is -3.16. The van der Waals surface area contributed by atoms with Crippen LogP contribution in [0.25, 0.3) is 0 Å². The van der Waals surface area contributed by atoms with E-state index in [1.165, 1.54) is 17.6 Å². The highest BCUT2D eigenvalue weighted by Crippen LogP contribution is 2.18. The van der Waals surface area contributed by atoms with E-state index in [1.54, 1.807) is 36.4 Å². The van der Waals surface area contributed by atoms with E-state index in [0.717, 1.165) is 29.8 Å². The monoisotopic (exact) mass is 582 g/mol. The third kappa shape index (κ3) is 11.8. The van der Waals surface area contributed by atoms with Crippen LogP contribution in [-0.2, 0) is 44.4 Å². The number of aryl methyl sites for hydroxylation is 1. The lowest BCUT2D eigenvalue weighted by atomic mass is 10.1. The van der Waals surface area contributed by atoms with Gasteiger partial charge in [0.1, 0.15) is 10.8 Å². The number of nitrogens with zero attached hydrogens (tertiary/aromatic N) is 2. The molecule has 0 aliphatic rings. The number of aromatic nitrogens is 2. The van der Waals surface area contributed by atoms with Crippen LogP contribution in [0.4, 0.5) is 5.13 Å². The number of hydrogen-bond acceptors (Lipinski definition) is 9. The Kier molecular flexibility index (Phi) is 11.4. The summed E-state index contributed by atoms with van der Waals surface area (Å²) in [4.78, 5) is 24.5. The van der Waals surface area contributed by atoms with Crippen LogP contribution in [0, 0.1) is 0 Å². The van der Waals surface area contributed by atoms with Crippen molar-refractivity contribution >= 4 is 38.1 Å². The molecule has 0 saturated carbocycles. The van der Waals surface area contributed by atoms with Gasteiger partial charge in [-0.05, 0) is 48.1 Å². The van der Waals surface area contributed by atoms with E-state index in [9.17, 15) is 18.0 Å². The minimum Gasteiger partial charge on any atom is -0.402 e. The summed E-state index contributed by atoms with van der Waals surface area (Å²) in [5.41, 5.74) is 14.9. The molecule has 0 spiro atoms. The van der Waals surface area contributed by atoms with Gasteiger partial charge in [0, 0.05) is 18.4 Å². The number of allylic oxidation sites excluding steroid dienone is 3. The first-order chi connectivity index (χ1) is 19.1. The Hall–Kier alpha value is -4.03. The zero-order valence-electron chi connectivity index (χ0n) is 22.3. The number of benzene rings is 2. The van der Waals surface area contributed by atoms with E-state index in [0.29, 0.717) is 28.4 Å². The van der Waals surface area contributed by atoms with Gasteiger partial charge in [-0.1, -0.05) is 65.9 Å². The van der Waals surface area contributed by atoms with Crippen LogP contribution < -0.4 is 22.1 Å². The molecule has 0 bridgehead atoms. The van der Waals surface area contributed by atoms with E-state index in [-0.39, 0.29) is 36.2 Å². The fourth-order valence-corrected chi connectivity index (χ4v) is 5.38. The lowest BCUT2D eigenvalue weighted by molar-refractivity contribution is -0.119. The van der Waals surface area contributed by atoms with Crippen molar-refractivity contribution in [2.45, 2.75) is 44.3 Å². The lowest BCUT2D eigenvalue weighted by Gasteiger charge is -2.07. The van der Waals surface area contributed by atoms with E-state index < -0.39 is 9.84 Å². The molecule has 1 aromatic heterocycles. The van der Waals surface area contributed by atoms with Crippen LogP contribution in [0.2, 0.25) is 0 Å². The molecule has 2 amide bonds. The maximum Gasteiger partial charge on any atom is 0.230 e. The summed E-state index contributed by atoms with van der Waals surface area (Å²) >= 11 is 1.36. The van der Waals surface area contributed by atoms with Crippen molar-refractivity contribution in [3.8, 4) is 0 Å². The van der Waals surface area contributed by atoms with Crippen LogP contribution in [0.15, 0.2) is 78.3 Å². The van der Waals surface area contributed by atoms with Gasteiger partial charge < -0.3 is 22.1 Å². The van der Waals surface area contributed by atoms with E-state index in [4.69, 9.17) is 11.5 Å². The maximum absolute atomic E-state index is 12.3. The van der Waals surface area contributed by atoms with Gasteiger partial charge in [0.25, 0.3) is 0 Å². The molecule has 0 atom stereocenters. The van der Waals surface area contributed by atoms with Crippen LogP contribution in [0.5, 0.6) is 0 Å². The Morgan fingerprint density at radius 1 is 0.900 bits per heavy atom. The highest BCUT2D eigenvalue weighted by atomic mass is 32.2. The lowest BCUT2D eigenvalue weighted by Crippen LogP contribution is -2.28. The Bertz CT molecular complexity index is 1470. The summed E-state index contributed by atoms with van der Waals surface area (Å²) in [5, 5.41) is 14.9. The molecule has 0 aliphatic carbocycles. The highest BCUT2D eigenvalue weighted by Gasteiger charge is 2.10. The highest BCUT2D eigenvalue weighted by molar-refractivity contribution is 7.89. The van der Waals surface area contributed by atoms with Crippen LogP contribution in [-0.4, -0.2) is 36.7 Å². The first-order valence-corrected chi connectivity index (χ1v) is 15.6. The predicted molar refractivity (Wildman–Crippen MR) is 158 cm³/mol. The summed E-state index contributed by atoms with van der Waals surface area (Å²) < 4.78 is 23.0. The number of nitrogens with one attached hydrogen (secondary N) is 2. The van der Waals surface area contributed by atoms with Crippen LogP contribution in [0.3, 0.4) is 0 Å². The Morgan fingerprint density at radius 2 is 1.60 bits per heavy atom. The number of unbranched alkanes of at least 4 members (excludes halogenated alkanes) is 1. The standard InChI is InChI=1S/C28H34N6O4S2/c1-40(37,38)19-22-11-7-10-21(16-22)18-25(35)31-24(30)15-14-23(29)12-5-6-13-27-33-34-28(39-27)32-26(36)17-20-8-3-2-4-9-20/h2-4,7-11,14-16H,5-6,12-13,17-19,29-30H2,1H3,(H,31,35)(H,32,34,36)/b23-14-,24-15+. The second-order valence-corrected chi connectivity index (χ2v) is 12.6. The third-order valence-electron chi connectivity index (χ3n) is 5.57. The number of carbonyl (C=O) groups is 2. The molecule has 3 aromatic rings. The Balaban J connectivity index is 1.36. The number of nitrogens with two attached hydrogens (primary N) is 2. The van der Waals surface area contributed by atoms with Gasteiger partial charge in [0.15, 0.2) is 9.84 Å². The van der Waals surface area contributed by atoms with Crippen molar-refractivity contribution in [3.63, 3.8) is 0 Å². The molecular formula is C28H34N6O4S2. The van der Waals surface area contributed by atoms with Crippen molar-refractivity contribution in [1.29, 1.82) is 0 Å². The number of rotatable bonds is 14. The normalized spacial score (nSPS) is 12.2. The molecule has 0 fully saturated rings. The predicted octanol–water partition coefficient (Wildman–Crippen LogP) is 2.98. The summed E-state index contributed by atoms with van der Waals surface area (Å²) in [6, 6.07) is 16.4. The van der Waals surface area contributed by atoms with Gasteiger partial charge in [-0.15, -0.1) is 10.2 Å².